The van der Waals surface area contributed by atoms with Gasteiger partial charge in [-0.15, -0.1) is 0 Å². The number of aryl methyl sites for hydroxylation is 1. The van der Waals surface area contributed by atoms with Crippen molar-refractivity contribution < 1.29 is 8.42 Å². The number of hydrogen-bond donors (Lipinski definition) is 3. The van der Waals surface area contributed by atoms with E-state index in [9.17, 15) is 8.42 Å². The zero-order valence-electron chi connectivity index (χ0n) is 10.1. The van der Waals surface area contributed by atoms with E-state index in [1.54, 1.807) is 0 Å². The van der Waals surface area contributed by atoms with Gasteiger partial charge >= 0.3 is 0 Å². The van der Waals surface area contributed by atoms with E-state index in [0.717, 1.165) is 0 Å². The van der Waals surface area contributed by atoms with E-state index in [2.05, 4.69) is 14.7 Å². The van der Waals surface area contributed by atoms with Gasteiger partial charge in [0.1, 0.15) is 5.82 Å². The van der Waals surface area contributed by atoms with Gasteiger partial charge < -0.3 is 10.7 Å². The fraction of sp³-hybridized carbons (Fsp3) is 0.182. The van der Waals surface area contributed by atoms with Crippen LogP contribution < -0.4 is 10.5 Å². The number of hydrogen-bond acceptors (Lipinski definition) is 4. The van der Waals surface area contributed by atoms with Crippen LogP contribution >= 0.6 is 11.6 Å². The number of anilines is 2. The summed E-state index contributed by atoms with van der Waals surface area (Å²) < 4.78 is 26.5. The molecule has 0 aliphatic carbocycles. The minimum atomic E-state index is -3.70. The fourth-order valence-electron chi connectivity index (χ4n) is 1.46. The number of imidazole rings is 1. The van der Waals surface area contributed by atoms with E-state index in [1.165, 1.54) is 24.4 Å². The van der Waals surface area contributed by atoms with Gasteiger partial charge in [-0.05, 0) is 18.2 Å². The van der Waals surface area contributed by atoms with Crippen molar-refractivity contribution in [1.29, 1.82) is 0 Å². The van der Waals surface area contributed by atoms with E-state index in [0.29, 0.717) is 28.6 Å². The Morgan fingerprint density at radius 3 is 2.79 bits per heavy atom. The smallest absolute Gasteiger partial charge is 0.278 e. The fourth-order valence-corrected chi connectivity index (χ4v) is 2.63. The Balaban J connectivity index is 2.28. The molecule has 19 heavy (non-hydrogen) atoms. The van der Waals surface area contributed by atoms with Crippen molar-refractivity contribution in [2.24, 2.45) is 0 Å². The number of sulfonamides is 1. The molecule has 8 heteroatoms. The standard InChI is InChI=1S/C11H13ClN4O2S/c1-2-10-14-6-11(15-10)19(17,18)16-7-3-4-9(13)8(12)5-7/h3-6,16H,2,13H2,1H3,(H,14,15). The monoisotopic (exact) mass is 300 g/mol. The number of aromatic nitrogens is 2. The van der Waals surface area contributed by atoms with Crippen molar-refractivity contribution >= 4 is 33.0 Å². The Morgan fingerprint density at radius 1 is 1.47 bits per heavy atom. The molecule has 0 bridgehead atoms. The number of nitrogens with two attached hydrogens (primary N) is 1. The van der Waals surface area contributed by atoms with Gasteiger partial charge in [-0.2, -0.15) is 8.42 Å². The van der Waals surface area contributed by atoms with E-state index in [-0.39, 0.29) is 5.03 Å². The second-order valence-corrected chi connectivity index (χ2v) is 5.95. The molecule has 0 atom stereocenters. The molecular weight excluding hydrogens is 288 g/mol. The Kier molecular flexibility index (Phi) is 3.68. The lowest BCUT2D eigenvalue weighted by atomic mass is 10.3. The number of halogens is 1. The normalized spacial score (nSPS) is 11.5. The van der Waals surface area contributed by atoms with Gasteiger partial charge in [-0.1, -0.05) is 18.5 Å². The first-order valence-electron chi connectivity index (χ1n) is 5.54. The Hall–Kier alpha value is -1.73. The summed E-state index contributed by atoms with van der Waals surface area (Å²) in [4.78, 5) is 6.68. The summed E-state index contributed by atoms with van der Waals surface area (Å²) in [5.41, 5.74) is 6.29. The number of nitrogens with one attached hydrogen (secondary N) is 2. The molecule has 0 saturated heterocycles. The molecule has 0 saturated carbocycles. The molecule has 1 aromatic heterocycles. The van der Waals surface area contributed by atoms with Crippen LogP contribution in [0.4, 0.5) is 11.4 Å². The molecule has 0 spiro atoms. The van der Waals surface area contributed by atoms with Gasteiger partial charge in [0, 0.05) is 6.42 Å². The SMILES string of the molecule is CCc1ncc(S(=O)(=O)Nc2ccc(N)c(Cl)c2)[nH]1. The van der Waals surface area contributed by atoms with Crippen molar-refractivity contribution in [3.8, 4) is 0 Å². The number of benzene rings is 1. The number of rotatable bonds is 4. The van der Waals surface area contributed by atoms with Crippen molar-refractivity contribution in [3.05, 3.63) is 35.2 Å². The Labute approximate surface area is 116 Å². The number of H-pyrrole nitrogens is 1. The van der Waals surface area contributed by atoms with Crippen molar-refractivity contribution in [2.75, 3.05) is 10.5 Å². The van der Waals surface area contributed by atoms with Gasteiger partial charge in [0.2, 0.25) is 0 Å². The third-order valence-corrected chi connectivity index (χ3v) is 4.10. The maximum atomic E-state index is 12.1. The summed E-state index contributed by atoms with van der Waals surface area (Å²) in [5.74, 6) is 0.607. The highest BCUT2D eigenvalue weighted by molar-refractivity contribution is 7.92. The highest BCUT2D eigenvalue weighted by Crippen LogP contribution is 2.24. The molecule has 102 valence electrons. The quantitative estimate of drug-likeness (QED) is 0.752. The maximum absolute atomic E-state index is 12.1. The molecule has 0 radical (unpaired) electrons. The van der Waals surface area contributed by atoms with Gasteiger partial charge in [0.25, 0.3) is 10.0 Å². The van der Waals surface area contributed by atoms with Crippen molar-refractivity contribution in [3.63, 3.8) is 0 Å². The van der Waals surface area contributed by atoms with Gasteiger partial charge in [-0.25, -0.2) is 4.98 Å². The van der Waals surface area contributed by atoms with Crippen molar-refractivity contribution in [2.45, 2.75) is 18.4 Å². The van der Waals surface area contributed by atoms with E-state index in [1.807, 2.05) is 6.92 Å². The Morgan fingerprint density at radius 2 is 2.21 bits per heavy atom. The molecule has 0 fully saturated rings. The summed E-state index contributed by atoms with van der Waals surface area (Å²) in [6, 6.07) is 4.52. The first-order valence-corrected chi connectivity index (χ1v) is 7.40. The number of aromatic amines is 1. The summed E-state index contributed by atoms with van der Waals surface area (Å²) in [5, 5.41) is 0.302. The third kappa shape index (κ3) is 2.99. The van der Waals surface area contributed by atoms with Crippen LogP contribution in [-0.2, 0) is 16.4 Å². The van der Waals surface area contributed by atoms with Crippen LogP contribution in [0.1, 0.15) is 12.7 Å². The minimum Gasteiger partial charge on any atom is -0.398 e. The van der Waals surface area contributed by atoms with Crippen LogP contribution in [0.2, 0.25) is 5.02 Å². The molecule has 4 N–H and O–H groups in total. The second-order valence-electron chi connectivity index (χ2n) is 3.89. The summed E-state index contributed by atoms with van der Waals surface area (Å²) >= 11 is 5.84. The van der Waals surface area contributed by atoms with Crippen LogP contribution in [0.15, 0.2) is 29.4 Å². The number of nitrogen functional groups attached to an aromatic ring is 1. The minimum absolute atomic E-state index is 0.0114. The van der Waals surface area contributed by atoms with E-state index < -0.39 is 10.0 Å². The lowest BCUT2D eigenvalue weighted by molar-refractivity contribution is 0.598. The average molecular weight is 301 g/mol. The van der Waals surface area contributed by atoms with Crippen LogP contribution in [-0.4, -0.2) is 18.4 Å². The lowest BCUT2D eigenvalue weighted by Crippen LogP contribution is -2.13. The van der Waals surface area contributed by atoms with Gasteiger partial charge in [-0.3, -0.25) is 4.72 Å². The number of nitrogens with zero attached hydrogens (tertiary/aromatic N) is 1. The maximum Gasteiger partial charge on any atom is 0.278 e. The Bertz CT molecular complexity index is 696. The third-order valence-electron chi connectivity index (χ3n) is 2.48. The zero-order chi connectivity index (χ0) is 14.0. The highest BCUT2D eigenvalue weighted by atomic mass is 35.5. The molecule has 0 aliphatic heterocycles. The summed E-state index contributed by atoms with van der Waals surface area (Å²) in [6.45, 7) is 1.88. The predicted molar refractivity (Wildman–Crippen MR) is 74.6 cm³/mol. The first kappa shape index (κ1) is 13.7. The van der Waals surface area contributed by atoms with Gasteiger partial charge in [0.15, 0.2) is 5.03 Å². The molecule has 6 nitrogen and oxygen atoms in total. The van der Waals surface area contributed by atoms with Crippen LogP contribution in [0.5, 0.6) is 0 Å². The summed E-state index contributed by atoms with van der Waals surface area (Å²) in [6.07, 6.45) is 1.91. The second kappa shape index (κ2) is 5.10. The van der Waals surface area contributed by atoms with E-state index in [4.69, 9.17) is 17.3 Å². The molecular formula is C11H13ClN4O2S. The van der Waals surface area contributed by atoms with Gasteiger partial charge in [0.05, 0.1) is 22.6 Å². The molecule has 0 aliphatic rings. The molecule has 2 aromatic rings. The van der Waals surface area contributed by atoms with Crippen molar-refractivity contribution in [1.82, 2.24) is 9.97 Å². The zero-order valence-corrected chi connectivity index (χ0v) is 11.7. The topological polar surface area (TPSA) is 101 Å². The molecule has 2 rings (SSSR count). The molecule has 1 heterocycles. The first-order chi connectivity index (χ1) is 8.92. The highest BCUT2D eigenvalue weighted by Gasteiger charge is 2.17. The predicted octanol–water partition coefficient (Wildman–Crippen LogP) is 2.01. The largest absolute Gasteiger partial charge is 0.398 e. The van der Waals surface area contributed by atoms with Crippen LogP contribution in [0.25, 0.3) is 0 Å². The van der Waals surface area contributed by atoms with Crippen LogP contribution in [0.3, 0.4) is 0 Å². The molecule has 1 aromatic carbocycles. The lowest BCUT2D eigenvalue weighted by Gasteiger charge is -2.07. The molecule has 0 amide bonds. The van der Waals surface area contributed by atoms with Crippen LogP contribution in [0, 0.1) is 0 Å². The van der Waals surface area contributed by atoms with E-state index >= 15 is 0 Å². The summed E-state index contributed by atoms with van der Waals surface area (Å²) in [7, 11) is -3.70. The average Bonchev–Trinajstić information content (AvgIpc) is 2.83. The molecule has 0 unspecified atom stereocenters.